The quantitative estimate of drug-likeness (QED) is 0.590. The van der Waals surface area contributed by atoms with Gasteiger partial charge in [0.25, 0.3) is 0 Å². The van der Waals surface area contributed by atoms with E-state index in [9.17, 15) is 4.79 Å². The van der Waals surface area contributed by atoms with Crippen molar-refractivity contribution in [3.63, 3.8) is 0 Å². The summed E-state index contributed by atoms with van der Waals surface area (Å²) in [5, 5.41) is 6.73. The van der Waals surface area contributed by atoms with Crippen LogP contribution in [0.4, 0.5) is 0 Å². The van der Waals surface area contributed by atoms with Crippen molar-refractivity contribution in [2.75, 3.05) is 0 Å². The smallest absolute Gasteiger partial charge is 0.220 e. The zero-order valence-corrected chi connectivity index (χ0v) is 17.2. The Hall–Kier alpha value is -2.37. The third kappa shape index (κ3) is 4.46. The molecule has 29 heavy (non-hydrogen) atoms. The molecule has 0 radical (unpaired) electrons. The minimum absolute atomic E-state index is 0. The molecule has 2 saturated heterocycles. The fraction of sp³-hybridized carbons (Fsp3) is 0.391. The third-order valence-electron chi connectivity index (χ3n) is 6.15. The highest BCUT2D eigenvalue weighted by molar-refractivity contribution is 5.85. The van der Waals surface area contributed by atoms with E-state index in [2.05, 4.69) is 44.9 Å². The summed E-state index contributed by atoms with van der Waals surface area (Å²) in [7, 11) is 0. The van der Waals surface area contributed by atoms with E-state index in [0.717, 1.165) is 40.8 Å². The van der Waals surface area contributed by atoms with Crippen LogP contribution < -0.4 is 10.6 Å². The molecule has 6 heteroatoms. The minimum Gasteiger partial charge on any atom is -0.352 e. The first-order chi connectivity index (χ1) is 13.7. The zero-order valence-electron chi connectivity index (χ0n) is 16.4. The van der Waals surface area contributed by atoms with Crippen LogP contribution in [0, 0.1) is 5.92 Å². The van der Waals surface area contributed by atoms with Crippen LogP contribution in [0.3, 0.4) is 0 Å². The number of amides is 1. The number of para-hydroxylation sites is 2. The predicted molar refractivity (Wildman–Crippen MR) is 118 cm³/mol. The molecular weight excluding hydrogens is 384 g/mol. The van der Waals surface area contributed by atoms with Crippen molar-refractivity contribution in [3.05, 3.63) is 54.1 Å². The highest BCUT2D eigenvalue weighted by Crippen LogP contribution is 2.32. The Morgan fingerprint density at radius 2 is 1.76 bits per heavy atom. The summed E-state index contributed by atoms with van der Waals surface area (Å²) in [6.45, 7) is 0.580. The van der Waals surface area contributed by atoms with E-state index in [1.165, 1.54) is 12.8 Å². The van der Waals surface area contributed by atoms with E-state index in [1.54, 1.807) is 0 Å². The molecule has 3 aromatic rings. The number of nitrogens with zero attached hydrogens (tertiary/aromatic N) is 1. The number of carbonyl (C=O) groups is 1. The molecule has 1 aromatic heterocycles. The molecule has 2 aliphatic heterocycles. The predicted octanol–water partition coefficient (Wildman–Crippen LogP) is 4.19. The molecule has 5 rings (SSSR count). The average molecular weight is 411 g/mol. The van der Waals surface area contributed by atoms with Gasteiger partial charge in [0.05, 0.1) is 11.0 Å². The van der Waals surface area contributed by atoms with Gasteiger partial charge >= 0.3 is 0 Å². The number of aromatic nitrogens is 2. The molecule has 0 saturated carbocycles. The number of hydrogen-bond acceptors (Lipinski definition) is 3. The second kappa shape index (κ2) is 8.56. The molecule has 2 fully saturated rings. The monoisotopic (exact) mass is 410 g/mol. The van der Waals surface area contributed by atoms with Gasteiger partial charge in [0, 0.05) is 30.6 Å². The van der Waals surface area contributed by atoms with Gasteiger partial charge in [-0.2, -0.15) is 0 Å². The SMILES string of the molecule is Cl.O=C(CC1CC2CCC(C1)N2)NCc1ccc(-c2nc3ccccc3[nH]2)cc1. The highest BCUT2D eigenvalue weighted by Gasteiger charge is 2.34. The lowest BCUT2D eigenvalue weighted by atomic mass is 9.89. The average Bonchev–Trinajstić information content (AvgIpc) is 3.29. The maximum atomic E-state index is 12.4. The number of halogens is 1. The lowest BCUT2D eigenvalue weighted by molar-refractivity contribution is -0.122. The van der Waals surface area contributed by atoms with Crippen molar-refractivity contribution in [1.82, 2.24) is 20.6 Å². The molecule has 152 valence electrons. The summed E-state index contributed by atoms with van der Waals surface area (Å²) in [6, 6.07) is 17.6. The molecule has 2 aromatic carbocycles. The van der Waals surface area contributed by atoms with E-state index in [4.69, 9.17) is 0 Å². The van der Waals surface area contributed by atoms with E-state index < -0.39 is 0 Å². The van der Waals surface area contributed by atoms with Gasteiger partial charge in [-0.25, -0.2) is 4.98 Å². The van der Waals surface area contributed by atoms with Gasteiger partial charge in [0.15, 0.2) is 0 Å². The third-order valence-corrected chi connectivity index (χ3v) is 6.15. The van der Waals surface area contributed by atoms with E-state index in [1.807, 2.05) is 24.3 Å². The fourth-order valence-corrected chi connectivity index (χ4v) is 4.75. The van der Waals surface area contributed by atoms with Crippen molar-refractivity contribution < 1.29 is 4.79 Å². The van der Waals surface area contributed by atoms with E-state index in [0.29, 0.717) is 31.0 Å². The van der Waals surface area contributed by atoms with Crippen LogP contribution in [0.25, 0.3) is 22.4 Å². The number of carbonyl (C=O) groups excluding carboxylic acids is 1. The lowest BCUT2D eigenvalue weighted by Gasteiger charge is -2.28. The Balaban J connectivity index is 0.00000205. The van der Waals surface area contributed by atoms with E-state index >= 15 is 0 Å². The standard InChI is InChI=1S/C23H26N4O.ClH/c28-22(13-16-11-18-9-10-19(12-16)25-18)24-14-15-5-7-17(8-6-15)23-26-20-3-1-2-4-21(20)27-23;/h1-8,16,18-19,25H,9-14H2,(H,24,28)(H,26,27);1H. The Morgan fingerprint density at radius 1 is 1.03 bits per heavy atom. The van der Waals surface area contributed by atoms with Crippen LogP contribution in [0.15, 0.2) is 48.5 Å². The summed E-state index contributed by atoms with van der Waals surface area (Å²) in [5.74, 6) is 1.58. The van der Waals surface area contributed by atoms with Crippen molar-refractivity contribution in [3.8, 4) is 11.4 Å². The number of H-pyrrole nitrogens is 1. The maximum Gasteiger partial charge on any atom is 0.220 e. The number of fused-ring (bicyclic) bond motifs is 3. The fourth-order valence-electron chi connectivity index (χ4n) is 4.75. The Bertz CT molecular complexity index is 939. The second-order valence-corrected chi connectivity index (χ2v) is 8.26. The number of benzene rings is 2. The second-order valence-electron chi connectivity index (χ2n) is 8.26. The number of rotatable bonds is 5. The van der Waals surface area contributed by atoms with Gasteiger partial charge in [-0.15, -0.1) is 12.4 Å². The number of piperidine rings is 1. The Kier molecular flexibility index (Phi) is 5.88. The molecule has 0 spiro atoms. The van der Waals surface area contributed by atoms with Crippen molar-refractivity contribution in [2.45, 2.75) is 50.7 Å². The van der Waals surface area contributed by atoms with Crippen molar-refractivity contribution in [1.29, 1.82) is 0 Å². The van der Waals surface area contributed by atoms with Crippen LogP contribution in [0.1, 0.15) is 37.7 Å². The molecule has 5 nitrogen and oxygen atoms in total. The summed E-state index contributed by atoms with van der Waals surface area (Å²) >= 11 is 0. The zero-order chi connectivity index (χ0) is 18.9. The summed E-state index contributed by atoms with van der Waals surface area (Å²) in [4.78, 5) is 20.4. The van der Waals surface area contributed by atoms with Gasteiger partial charge in [0.1, 0.15) is 5.82 Å². The summed E-state index contributed by atoms with van der Waals surface area (Å²) < 4.78 is 0. The van der Waals surface area contributed by atoms with Crippen LogP contribution in [-0.2, 0) is 11.3 Å². The minimum atomic E-state index is 0. The van der Waals surface area contributed by atoms with Gasteiger partial charge in [0.2, 0.25) is 5.91 Å². The first-order valence-electron chi connectivity index (χ1n) is 10.3. The Morgan fingerprint density at radius 3 is 2.48 bits per heavy atom. The topological polar surface area (TPSA) is 69.8 Å². The van der Waals surface area contributed by atoms with Crippen LogP contribution >= 0.6 is 12.4 Å². The highest BCUT2D eigenvalue weighted by atomic mass is 35.5. The molecule has 3 N–H and O–H groups in total. The molecule has 3 heterocycles. The first-order valence-corrected chi connectivity index (χ1v) is 10.3. The van der Waals surface area contributed by atoms with Crippen LogP contribution in [0.5, 0.6) is 0 Å². The van der Waals surface area contributed by atoms with Crippen LogP contribution in [-0.4, -0.2) is 28.0 Å². The molecular formula is C23H27ClN4O. The van der Waals surface area contributed by atoms with Crippen LogP contribution in [0.2, 0.25) is 0 Å². The van der Waals surface area contributed by atoms with Crippen molar-refractivity contribution in [2.24, 2.45) is 5.92 Å². The molecule has 1 amide bonds. The number of nitrogens with one attached hydrogen (secondary N) is 3. The van der Waals surface area contributed by atoms with Gasteiger partial charge in [-0.05, 0) is 49.3 Å². The normalized spacial score (nSPS) is 23.0. The molecule has 2 atom stereocenters. The molecule has 0 aliphatic carbocycles. The maximum absolute atomic E-state index is 12.4. The van der Waals surface area contributed by atoms with Crippen molar-refractivity contribution >= 4 is 29.3 Å². The van der Waals surface area contributed by atoms with Gasteiger partial charge in [-0.3, -0.25) is 4.79 Å². The van der Waals surface area contributed by atoms with E-state index in [-0.39, 0.29) is 18.3 Å². The first kappa shape index (κ1) is 19.9. The lowest BCUT2D eigenvalue weighted by Crippen LogP contribution is -2.39. The van der Waals surface area contributed by atoms with Gasteiger partial charge < -0.3 is 15.6 Å². The number of imidazole rings is 1. The van der Waals surface area contributed by atoms with Gasteiger partial charge in [-0.1, -0.05) is 36.4 Å². The molecule has 2 bridgehead atoms. The molecule has 2 unspecified atom stereocenters. The summed E-state index contributed by atoms with van der Waals surface area (Å²) in [6.07, 6.45) is 5.51. The largest absolute Gasteiger partial charge is 0.352 e. The number of aromatic amines is 1. The number of hydrogen-bond donors (Lipinski definition) is 3. The molecule has 2 aliphatic rings. The Labute approximate surface area is 177 Å². The summed E-state index contributed by atoms with van der Waals surface area (Å²) in [5.41, 5.74) is 4.18.